The van der Waals surface area contributed by atoms with E-state index in [2.05, 4.69) is 34.2 Å². The van der Waals surface area contributed by atoms with E-state index in [1.54, 1.807) is 0 Å². The van der Waals surface area contributed by atoms with E-state index in [1.165, 1.54) is 50.3 Å². The number of hydrogen-bond donors (Lipinski definition) is 2. The Morgan fingerprint density at radius 3 is 2.73 bits per heavy atom. The molecule has 0 radical (unpaired) electrons. The van der Waals surface area contributed by atoms with Crippen LogP contribution in [0.15, 0.2) is 0 Å². The second-order valence-electron chi connectivity index (χ2n) is 7.33. The van der Waals surface area contributed by atoms with Gasteiger partial charge in [-0.1, -0.05) is 12.8 Å². The van der Waals surface area contributed by atoms with Gasteiger partial charge < -0.3 is 10.6 Å². The van der Waals surface area contributed by atoms with Crippen LogP contribution in [0.25, 0.3) is 0 Å². The summed E-state index contributed by atoms with van der Waals surface area (Å²) >= 11 is 2.07. The molecule has 3 aliphatic rings. The first-order valence-electron chi connectivity index (χ1n) is 9.03. The Morgan fingerprint density at radius 2 is 2.05 bits per heavy atom. The van der Waals surface area contributed by atoms with Gasteiger partial charge in [-0.3, -0.25) is 9.69 Å². The van der Waals surface area contributed by atoms with Crippen molar-refractivity contribution in [1.82, 2.24) is 15.5 Å². The molecule has 0 aromatic heterocycles. The summed E-state index contributed by atoms with van der Waals surface area (Å²) in [4.78, 5) is 15.2. The lowest BCUT2D eigenvalue weighted by Gasteiger charge is -2.43. The number of carbonyl (C=O) groups excluding carboxylic acids is 1. The first-order valence-corrected chi connectivity index (χ1v) is 10.2. The van der Waals surface area contributed by atoms with Crippen molar-refractivity contribution in [3.63, 3.8) is 0 Å². The Labute approximate surface area is 139 Å². The van der Waals surface area contributed by atoms with Gasteiger partial charge >= 0.3 is 0 Å². The van der Waals surface area contributed by atoms with E-state index in [9.17, 15) is 4.79 Å². The van der Waals surface area contributed by atoms with Gasteiger partial charge in [0.25, 0.3) is 0 Å². The van der Waals surface area contributed by atoms with Crippen molar-refractivity contribution in [2.24, 2.45) is 5.92 Å². The summed E-state index contributed by atoms with van der Waals surface area (Å²) in [5.41, 5.74) is 0.259. The van der Waals surface area contributed by atoms with Crippen molar-refractivity contribution in [2.75, 3.05) is 37.7 Å². The molecule has 2 atom stereocenters. The maximum atomic E-state index is 12.6. The number of thioether (sulfide) groups is 1. The van der Waals surface area contributed by atoms with Gasteiger partial charge in [0, 0.05) is 48.6 Å². The highest BCUT2D eigenvalue weighted by Crippen LogP contribution is 2.36. The smallest absolute Gasteiger partial charge is 0.223 e. The van der Waals surface area contributed by atoms with Crippen LogP contribution >= 0.6 is 11.8 Å². The molecule has 0 unspecified atom stereocenters. The minimum absolute atomic E-state index is 0.214. The fraction of sp³-hybridized carbons (Fsp3) is 0.941. The summed E-state index contributed by atoms with van der Waals surface area (Å²) in [6.07, 6.45) is 7.15. The lowest BCUT2D eigenvalue weighted by Crippen LogP contribution is -2.57. The van der Waals surface area contributed by atoms with Crippen LogP contribution in [0.5, 0.6) is 0 Å². The molecule has 2 N–H and O–H groups in total. The Kier molecular flexibility index (Phi) is 5.69. The zero-order valence-corrected chi connectivity index (χ0v) is 14.7. The first kappa shape index (κ1) is 16.6. The topological polar surface area (TPSA) is 44.4 Å². The fourth-order valence-electron chi connectivity index (χ4n) is 4.44. The van der Waals surface area contributed by atoms with Gasteiger partial charge in [-0.2, -0.15) is 11.8 Å². The number of piperidine rings is 1. The van der Waals surface area contributed by atoms with E-state index >= 15 is 0 Å². The average Bonchev–Trinajstić information content (AvgIpc) is 3.04. The number of hydrogen-bond acceptors (Lipinski definition) is 4. The highest BCUT2D eigenvalue weighted by Gasteiger charge is 2.40. The monoisotopic (exact) mass is 325 g/mol. The maximum absolute atomic E-state index is 12.6. The van der Waals surface area contributed by atoms with E-state index < -0.39 is 0 Å². The third kappa shape index (κ3) is 3.80. The van der Waals surface area contributed by atoms with Gasteiger partial charge in [0.15, 0.2) is 0 Å². The number of carbonyl (C=O) groups is 1. The molecule has 1 saturated carbocycles. The number of nitrogens with one attached hydrogen (secondary N) is 2. The second-order valence-corrected chi connectivity index (χ2v) is 8.55. The van der Waals surface area contributed by atoms with Crippen LogP contribution in [0, 0.1) is 5.92 Å². The van der Waals surface area contributed by atoms with Crippen molar-refractivity contribution in [3.05, 3.63) is 0 Å². The van der Waals surface area contributed by atoms with E-state index in [0.29, 0.717) is 11.9 Å². The van der Waals surface area contributed by atoms with Crippen LogP contribution in [0.4, 0.5) is 0 Å². The third-order valence-corrected chi connectivity index (χ3v) is 6.74. The highest BCUT2D eigenvalue weighted by molar-refractivity contribution is 7.99. The molecule has 3 fully saturated rings. The minimum atomic E-state index is 0.214. The standard InChI is InChI=1S/C17H31N3OS/c1-14-12-15(4-7-18-14)16(21)19-13-17(5-2-3-6-17)20-8-10-22-11-9-20/h14-15,18H,2-13H2,1H3,(H,19,21)/t14-,15-/m0/s1. The van der Waals surface area contributed by atoms with Gasteiger partial charge in [0.05, 0.1) is 0 Å². The van der Waals surface area contributed by atoms with Crippen LogP contribution in [0.2, 0.25) is 0 Å². The van der Waals surface area contributed by atoms with Crippen LogP contribution < -0.4 is 10.6 Å². The van der Waals surface area contributed by atoms with Gasteiger partial charge in [-0.25, -0.2) is 0 Å². The predicted molar refractivity (Wildman–Crippen MR) is 93.3 cm³/mol. The van der Waals surface area contributed by atoms with Crippen molar-refractivity contribution >= 4 is 17.7 Å². The Hall–Kier alpha value is -0.260. The van der Waals surface area contributed by atoms with Gasteiger partial charge in [-0.15, -0.1) is 0 Å². The molecular weight excluding hydrogens is 294 g/mol. The molecule has 0 aromatic carbocycles. The second kappa shape index (κ2) is 7.54. The largest absolute Gasteiger partial charge is 0.354 e. The summed E-state index contributed by atoms with van der Waals surface area (Å²) in [5, 5.41) is 6.77. The van der Waals surface area contributed by atoms with Crippen molar-refractivity contribution in [2.45, 2.75) is 57.0 Å². The van der Waals surface area contributed by atoms with Crippen LogP contribution in [0.3, 0.4) is 0 Å². The molecule has 0 spiro atoms. The van der Waals surface area contributed by atoms with Gasteiger partial charge in [0.2, 0.25) is 5.91 Å². The average molecular weight is 326 g/mol. The zero-order valence-electron chi connectivity index (χ0n) is 13.9. The Balaban J connectivity index is 1.56. The highest BCUT2D eigenvalue weighted by atomic mass is 32.2. The summed E-state index contributed by atoms with van der Waals surface area (Å²) < 4.78 is 0. The van der Waals surface area contributed by atoms with E-state index in [1.807, 2.05) is 0 Å². The van der Waals surface area contributed by atoms with Crippen molar-refractivity contribution in [1.29, 1.82) is 0 Å². The molecule has 2 saturated heterocycles. The molecule has 22 heavy (non-hydrogen) atoms. The summed E-state index contributed by atoms with van der Waals surface area (Å²) in [6.45, 7) is 6.43. The molecule has 3 rings (SSSR count). The quantitative estimate of drug-likeness (QED) is 0.828. The zero-order chi connectivity index (χ0) is 15.4. The molecule has 2 heterocycles. The fourth-order valence-corrected chi connectivity index (χ4v) is 5.34. The lowest BCUT2D eigenvalue weighted by atomic mass is 9.91. The summed E-state index contributed by atoms with van der Waals surface area (Å²) in [7, 11) is 0. The van der Waals surface area contributed by atoms with Crippen LogP contribution in [0.1, 0.15) is 45.4 Å². The molecule has 2 aliphatic heterocycles. The lowest BCUT2D eigenvalue weighted by molar-refractivity contribution is -0.126. The normalized spacial score (nSPS) is 32.8. The predicted octanol–water partition coefficient (Wildman–Crippen LogP) is 1.85. The number of rotatable bonds is 4. The third-order valence-electron chi connectivity index (χ3n) is 5.80. The molecule has 1 aliphatic carbocycles. The Bertz CT molecular complexity index is 378. The van der Waals surface area contributed by atoms with E-state index in [4.69, 9.17) is 0 Å². The SMILES string of the molecule is C[C@H]1C[C@@H](C(=O)NCC2(N3CCSCC3)CCCC2)CCN1. The van der Waals surface area contributed by atoms with E-state index in [0.717, 1.165) is 25.9 Å². The number of amides is 1. The molecule has 1 amide bonds. The van der Waals surface area contributed by atoms with Crippen molar-refractivity contribution < 1.29 is 4.79 Å². The van der Waals surface area contributed by atoms with Gasteiger partial charge in [-0.05, 0) is 39.2 Å². The maximum Gasteiger partial charge on any atom is 0.223 e. The summed E-state index contributed by atoms with van der Waals surface area (Å²) in [5.74, 6) is 3.01. The molecule has 0 aromatic rings. The molecule has 0 bridgehead atoms. The molecule has 126 valence electrons. The summed E-state index contributed by atoms with van der Waals surface area (Å²) in [6, 6.07) is 0.476. The van der Waals surface area contributed by atoms with Crippen molar-refractivity contribution in [3.8, 4) is 0 Å². The van der Waals surface area contributed by atoms with E-state index in [-0.39, 0.29) is 11.5 Å². The molecule has 5 heteroatoms. The molecular formula is C17H31N3OS. The van der Waals surface area contributed by atoms with Crippen LogP contribution in [-0.2, 0) is 4.79 Å². The number of nitrogens with zero attached hydrogens (tertiary/aromatic N) is 1. The van der Waals surface area contributed by atoms with Gasteiger partial charge in [0.1, 0.15) is 0 Å². The van der Waals surface area contributed by atoms with Crippen LogP contribution in [-0.4, -0.2) is 60.1 Å². The Morgan fingerprint density at radius 1 is 1.32 bits per heavy atom. The first-order chi connectivity index (χ1) is 10.7. The minimum Gasteiger partial charge on any atom is -0.354 e. The molecule has 4 nitrogen and oxygen atoms in total.